The highest BCUT2D eigenvalue weighted by atomic mass is 32.1. The van der Waals surface area contributed by atoms with Gasteiger partial charge < -0.3 is 16.0 Å². The van der Waals surface area contributed by atoms with Crippen LogP contribution in [-0.2, 0) is 0 Å². The number of anilines is 2. The molecule has 0 atom stereocenters. The fraction of sp³-hybridized carbons (Fsp3) is 0.692. The lowest BCUT2D eigenvalue weighted by molar-refractivity contribution is 0.0758. The smallest absolute Gasteiger partial charge is 0.268 e. The normalized spacial score (nSPS) is 15.4. The molecular weight excluding hydrogens is 260 g/mol. The summed E-state index contributed by atoms with van der Waals surface area (Å²) in [5.41, 5.74) is 5.79. The molecule has 0 aliphatic heterocycles. The molecule has 1 amide bonds. The van der Waals surface area contributed by atoms with E-state index >= 15 is 0 Å². The molecule has 0 aromatic carbocycles. The lowest BCUT2D eigenvalue weighted by Crippen LogP contribution is -2.32. The molecule has 1 fully saturated rings. The van der Waals surface area contributed by atoms with Gasteiger partial charge in [0, 0.05) is 18.1 Å². The number of nitrogens with one attached hydrogen (secondary N) is 1. The summed E-state index contributed by atoms with van der Waals surface area (Å²) in [5.74, 6) is 0.350. The number of nitrogen functional groups attached to an aromatic ring is 1. The Morgan fingerprint density at radius 3 is 2.63 bits per heavy atom. The first-order valence-corrected chi connectivity index (χ1v) is 7.49. The zero-order valence-corrected chi connectivity index (χ0v) is 12.8. The second kappa shape index (κ2) is 5.00. The highest BCUT2D eigenvalue weighted by Gasteiger charge is 2.33. The van der Waals surface area contributed by atoms with Crippen LogP contribution in [0.25, 0.3) is 0 Å². The molecule has 3 N–H and O–H groups in total. The minimum atomic E-state index is -0.0917. The molecule has 1 aromatic heterocycles. The fourth-order valence-corrected chi connectivity index (χ4v) is 2.99. The maximum absolute atomic E-state index is 12.4. The van der Waals surface area contributed by atoms with E-state index in [9.17, 15) is 4.79 Å². The number of hydrogen-bond acceptors (Lipinski definition) is 5. The first-order chi connectivity index (χ1) is 8.81. The van der Waals surface area contributed by atoms with Crippen molar-refractivity contribution in [3.63, 3.8) is 0 Å². The summed E-state index contributed by atoms with van der Waals surface area (Å²) in [6.45, 7) is 8.88. The van der Waals surface area contributed by atoms with Gasteiger partial charge in [-0.05, 0) is 40.5 Å². The van der Waals surface area contributed by atoms with E-state index in [1.807, 2.05) is 11.8 Å². The Balaban J connectivity index is 2.17. The molecule has 1 saturated carbocycles. The van der Waals surface area contributed by atoms with E-state index in [0.717, 1.165) is 19.4 Å². The average molecular weight is 282 g/mol. The maximum Gasteiger partial charge on any atom is 0.268 e. The third-order valence-electron chi connectivity index (χ3n) is 2.92. The van der Waals surface area contributed by atoms with Crippen LogP contribution in [0.4, 0.5) is 10.9 Å². The Bertz CT molecular complexity index is 473. The minimum Gasteiger partial charge on any atom is -0.382 e. The summed E-state index contributed by atoms with van der Waals surface area (Å²) >= 11 is 1.34. The van der Waals surface area contributed by atoms with Crippen LogP contribution in [0.5, 0.6) is 0 Å². The number of thiazole rings is 1. The second-order valence-electron chi connectivity index (χ2n) is 5.93. The molecular formula is C13H22N4OS. The van der Waals surface area contributed by atoms with Gasteiger partial charge in [-0.15, -0.1) is 0 Å². The zero-order valence-electron chi connectivity index (χ0n) is 12.0. The predicted octanol–water partition coefficient (Wildman–Crippen LogP) is 2.56. The van der Waals surface area contributed by atoms with Crippen molar-refractivity contribution in [2.24, 2.45) is 0 Å². The minimum absolute atomic E-state index is 0.0157. The summed E-state index contributed by atoms with van der Waals surface area (Å²) in [6.07, 6.45) is 2.21. The van der Waals surface area contributed by atoms with Crippen LogP contribution in [0.1, 0.15) is 50.2 Å². The molecule has 1 aliphatic rings. The number of aromatic nitrogens is 1. The van der Waals surface area contributed by atoms with Gasteiger partial charge in [0.2, 0.25) is 0 Å². The molecule has 1 aliphatic carbocycles. The highest BCUT2D eigenvalue weighted by Crippen LogP contribution is 2.32. The quantitative estimate of drug-likeness (QED) is 0.890. The molecule has 0 bridgehead atoms. The van der Waals surface area contributed by atoms with Gasteiger partial charge in [-0.2, -0.15) is 0 Å². The average Bonchev–Trinajstić information content (AvgIpc) is 3.02. The van der Waals surface area contributed by atoms with E-state index in [-0.39, 0.29) is 11.4 Å². The van der Waals surface area contributed by atoms with Gasteiger partial charge in [0.25, 0.3) is 5.91 Å². The van der Waals surface area contributed by atoms with Crippen molar-refractivity contribution in [1.82, 2.24) is 9.88 Å². The molecule has 1 heterocycles. The first-order valence-electron chi connectivity index (χ1n) is 6.67. The molecule has 5 nitrogen and oxygen atoms in total. The number of amides is 1. The van der Waals surface area contributed by atoms with Gasteiger partial charge in [0.05, 0.1) is 0 Å². The van der Waals surface area contributed by atoms with Crippen LogP contribution in [-0.4, -0.2) is 33.9 Å². The zero-order chi connectivity index (χ0) is 14.2. The van der Waals surface area contributed by atoms with Crippen LogP contribution < -0.4 is 11.1 Å². The number of nitrogens with zero attached hydrogens (tertiary/aromatic N) is 2. The Hall–Kier alpha value is -1.30. The standard InChI is InChI=1S/C13H22N4OS/c1-5-17(8-6-7-8)11(18)9-10(14)15-12(19-9)16-13(2,3)4/h8H,5-7,14H2,1-4H3,(H,15,16). The molecule has 6 heteroatoms. The van der Waals surface area contributed by atoms with Gasteiger partial charge in [0.1, 0.15) is 10.7 Å². The number of rotatable bonds is 4. The van der Waals surface area contributed by atoms with E-state index in [1.165, 1.54) is 11.3 Å². The number of hydrogen-bond donors (Lipinski definition) is 2. The van der Waals surface area contributed by atoms with Crippen LogP contribution in [0, 0.1) is 0 Å². The van der Waals surface area contributed by atoms with Gasteiger partial charge >= 0.3 is 0 Å². The largest absolute Gasteiger partial charge is 0.382 e. The Kier molecular flexibility index (Phi) is 3.71. The monoisotopic (exact) mass is 282 g/mol. The van der Waals surface area contributed by atoms with E-state index in [1.54, 1.807) is 0 Å². The summed E-state index contributed by atoms with van der Waals surface area (Å²) in [5, 5.41) is 3.96. The third kappa shape index (κ3) is 3.37. The molecule has 0 unspecified atom stereocenters. The van der Waals surface area contributed by atoms with E-state index < -0.39 is 0 Å². The van der Waals surface area contributed by atoms with Gasteiger partial charge in [0.15, 0.2) is 5.13 Å². The van der Waals surface area contributed by atoms with Crippen molar-refractivity contribution in [3.8, 4) is 0 Å². The van der Waals surface area contributed by atoms with Gasteiger partial charge in [-0.25, -0.2) is 4.98 Å². The number of nitrogens with two attached hydrogens (primary N) is 1. The number of carbonyl (C=O) groups excluding carboxylic acids is 1. The lowest BCUT2D eigenvalue weighted by atomic mass is 10.1. The predicted molar refractivity (Wildman–Crippen MR) is 79.6 cm³/mol. The summed E-state index contributed by atoms with van der Waals surface area (Å²) in [4.78, 5) is 19.1. The van der Waals surface area contributed by atoms with E-state index in [4.69, 9.17) is 5.73 Å². The SMILES string of the molecule is CCN(C(=O)c1sc(NC(C)(C)C)nc1N)C1CC1. The van der Waals surface area contributed by atoms with Gasteiger partial charge in [-0.3, -0.25) is 4.79 Å². The summed E-state index contributed by atoms with van der Waals surface area (Å²) in [7, 11) is 0. The lowest BCUT2D eigenvalue weighted by Gasteiger charge is -2.20. The molecule has 0 spiro atoms. The van der Waals surface area contributed by atoms with E-state index in [0.29, 0.717) is 21.9 Å². The van der Waals surface area contributed by atoms with Crippen LogP contribution >= 0.6 is 11.3 Å². The fourth-order valence-electron chi connectivity index (χ4n) is 1.94. The summed E-state index contributed by atoms with van der Waals surface area (Å²) < 4.78 is 0. The van der Waals surface area contributed by atoms with Crippen molar-refractivity contribution < 1.29 is 4.79 Å². The topological polar surface area (TPSA) is 71.2 Å². The third-order valence-corrected chi connectivity index (χ3v) is 3.89. The molecule has 2 rings (SSSR count). The van der Waals surface area contributed by atoms with Crippen molar-refractivity contribution in [2.45, 2.75) is 52.1 Å². The molecule has 106 valence electrons. The molecule has 0 saturated heterocycles. The van der Waals surface area contributed by atoms with Crippen molar-refractivity contribution in [1.29, 1.82) is 0 Å². The maximum atomic E-state index is 12.4. The van der Waals surface area contributed by atoms with Crippen molar-refractivity contribution in [2.75, 3.05) is 17.6 Å². The highest BCUT2D eigenvalue weighted by molar-refractivity contribution is 7.18. The Morgan fingerprint density at radius 1 is 1.53 bits per heavy atom. The van der Waals surface area contributed by atoms with Crippen molar-refractivity contribution in [3.05, 3.63) is 4.88 Å². The van der Waals surface area contributed by atoms with Crippen LogP contribution in [0.2, 0.25) is 0 Å². The Labute approximate surface area is 118 Å². The van der Waals surface area contributed by atoms with Crippen molar-refractivity contribution >= 4 is 28.2 Å². The molecule has 0 radical (unpaired) electrons. The molecule has 19 heavy (non-hydrogen) atoms. The molecule has 1 aromatic rings. The van der Waals surface area contributed by atoms with Gasteiger partial charge in [-0.1, -0.05) is 11.3 Å². The van der Waals surface area contributed by atoms with Crippen LogP contribution in [0.3, 0.4) is 0 Å². The number of carbonyl (C=O) groups is 1. The second-order valence-corrected chi connectivity index (χ2v) is 6.93. The Morgan fingerprint density at radius 2 is 2.16 bits per heavy atom. The van der Waals surface area contributed by atoms with Crippen LogP contribution in [0.15, 0.2) is 0 Å². The summed E-state index contributed by atoms with van der Waals surface area (Å²) in [6, 6.07) is 0.401. The van der Waals surface area contributed by atoms with E-state index in [2.05, 4.69) is 31.1 Å². The first kappa shape index (κ1) is 14.1.